The quantitative estimate of drug-likeness (QED) is 0.623. The van der Waals surface area contributed by atoms with E-state index in [1.54, 1.807) is 11.3 Å². The van der Waals surface area contributed by atoms with Crippen molar-refractivity contribution in [3.8, 4) is 0 Å². The molecule has 1 aliphatic rings. The molecule has 2 heterocycles. The second kappa shape index (κ2) is 2.69. The SMILES string of the molecule is CN1CCc2[nH]c(=S)sc2C1. The first-order valence-electron chi connectivity index (χ1n) is 3.65. The van der Waals surface area contributed by atoms with Crippen molar-refractivity contribution in [3.05, 3.63) is 14.5 Å². The molecule has 0 fully saturated rings. The average Bonchev–Trinajstić information content (AvgIpc) is 2.27. The minimum absolute atomic E-state index is 0.922. The highest BCUT2D eigenvalue weighted by Gasteiger charge is 2.14. The molecular formula is C7H10N2S2. The van der Waals surface area contributed by atoms with Gasteiger partial charge in [0.15, 0.2) is 3.95 Å². The third kappa shape index (κ3) is 1.38. The Morgan fingerprint density at radius 3 is 3.27 bits per heavy atom. The summed E-state index contributed by atoms with van der Waals surface area (Å²) >= 11 is 6.78. The molecule has 0 atom stereocenters. The fourth-order valence-corrected chi connectivity index (χ4v) is 2.73. The largest absolute Gasteiger partial charge is 0.341 e. The van der Waals surface area contributed by atoms with Crippen molar-refractivity contribution < 1.29 is 0 Å². The Kier molecular flexibility index (Phi) is 1.83. The minimum atomic E-state index is 0.922. The predicted octanol–water partition coefficient (Wildman–Crippen LogP) is 1.79. The van der Waals surface area contributed by atoms with Gasteiger partial charge in [-0.25, -0.2) is 0 Å². The number of rotatable bonds is 0. The lowest BCUT2D eigenvalue weighted by Crippen LogP contribution is -2.25. The molecule has 11 heavy (non-hydrogen) atoms. The number of nitrogens with zero attached hydrogens (tertiary/aromatic N) is 1. The number of thiazole rings is 1. The van der Waals surface area contributed by atoms with Gasteiger partial charge < -0.3 is 9.88 Å². The van der Waals surface area contributed by atoms with E-state index in [-0.39, 0.29) is 0 Å². The zero-order valence-electron chi connectivity index (χ0n) is 6.39. The summed E-state index contributed by atoms with van der Waals surface area (Å²) in [6.45, 7) is 2.21. The van der Waals surface area contributed by atoms with E-state index >= 15 is 0 Å². The molecule has 0 saturated carbocycles. The van der Waals surface area contributed by atoms with E-state index in [1.165, 1.54) is 10.6 Å². The average molecular weight is 186 g/mol. The third-order valence-corrected chi connectivity index (χ3v) is 3.22. The number of fused-ring (bicyclic) bond motifs is 1. The van der Waals surface area contributed by atoms with Crippen molar-refractivity contribution in [1.29, 1.82) is 0 Å². The van der Waals surface area contributed by atoms with Crippen LogP contribution in [0.15, 0.2) is 0 Å². The summed E-state index contributed by atoms with van der Waals surface area (Å²) in [4.78, 5) is 6.96. The van der Waals surface area contributed by atoms with E-state index in [2.05, 4.69) is 16.9 Å². The number of aromatic nitrogens is 1. The van der Waals surface area contributed by atoms with E-state index in [1.807, 2.05) is 0 Å². The Bertz CT molecular complexity index is 312. The Morgan fingerprint density at radius 1 is 1.64 bits per heavy atom. The first-order valence-corrected chi connectivity index (χ1v) is 4.87. The molecule has 0 aromatic carbocycles. The third-order valence-electron chi connectivity index (χ3n) is 1.96. The van der Waals surface area contributed by atoms with E-state index in [9.17, 15) is 0 Å². The molecular weight excluding hydrogens is 176 g/mol. The molecule has 2 rings (SSSR count). The zero-order valence-corrected chi connectivity index (χ0v) is 8.02. The van der Waals surface area contributed by atoms with Crippen LogP contribution >= 0.6 is 23.6 Å². The van der Waals surface area contributed by atoms with Crippen LogP contribution in [0.5, 0.6) is 0 Å². The van der Waals surface area contributed by atoms with Gasteiger partial charge in [-0.1, -0.05) is 0 Å². The Hall–Kier alpha value is -0.190. The second-order valence-electron chi connectivity index (χ2n) is 2.90. The molecule has 0 bridgehead atoms. The van der Waals surface area contributed by atoms with Crippen LogP contribution in [0.1, 0.15) is 10.6 Å². The lowest BCUT2D eigenvalue weighted by atomic mass is 10.2. The van der Waals surface area contributed by atoms with Gasteiger partial charge in [-0.15, -0.1) is 11.3 Å². The molecule has 60 valence electrons. The van der Waals surface area contributed by atoms with Crippen LogP contribution in [0.25, 0.3) is 0 Å². The number of H-pyrrole nitrogens is 1. The number of hydrogen-bond donors (Lipinski definition) is 1. The molecule has 4 heteroatoms. The maximum atomic E-state index is 5.06. The summed E-state index contributed by atoms with van der Waals surface area (Å²) in [5, 5.41) is 0. The monoisotopic (exact) mass is 186 g/mol. The van der Waals surface area contributed by atoms with Gasteiger partial charge in [0.25, 0.3) is 0 Å². The van der Waals surface area contributed by atoms with E-state index in [4.69, 9.17) is 12.2 Å². The minimum Gasteiger partial charge on any atom is -0.341 e. The molecule has 1 N–H and O–H groups in total. The van der Waals surface area contributed by atoms with Gasteiger partial charge in [0.1, 0.15) is 0 Å². The Balaban J connectivity index is 2.41. The Morgan fingerprint density at radius 2 is 2.45 bits per heavy atom. The summed E-state index contributed by atoms with van der Waals surface area (Å²) < 4.78 is 0.922. The van der Waals surface area contributed by atoms with Crippen LogP contribution < -0.4 is 0 Å². The lowest BCUT2D eigenvalue weighted by Gasteiger charge is -2.20. The molecule has 0 amide bonds. The van der Waals surface area contributed by atoms with Gasteiger partial charge in [0.2, 0.25) is 0 Å². The maximum absolute atomic E-state index is 5.06. The van der Waals surface area contributed by atoms with Gasteiger partial charge in [0.05, 0.1) is 0 Å². The highest BCUT2D eigenvalue weighted by Crippen LogP contribution is 2.21. The first-order chi connectivity index (χ1) is 5.25. The highest BCUT2D eigenvalue weighted by atomic mass is 32.1. The number of nitrogens with one attached hydrogen (secondary N) is 1. The van der Waals surface area contributed by atoms with Crippen LogP contribution in [0.3, 0.4) is 0 Å². The van der Waals surface area contributed by atoms with Crippen molar-refractivity contribution in [2.75, 3.05) is 13.6 Å². The second-order valence-corrected chi connectivity index (χ2v) is 4.68. The fraction of sp³-hybridized carbons (Fsp3) is 0.571. The molecule has 0 aliphatic carbocycles. The van der Waals surface area contributed by atoms with Crippen LogP contribution in [-0.4, -0.2) is 23.5 Å². The van der Waals surface area contributed by atoms with Crippen molar-refractivity contribution in [1.82, 2.24) is 9.88 Å². The van der Waals surface area contributed by atoms with Crippen molar-refractivity contribution in [2.24, 2.45) is 0 Å². The standard InChI is InChI=1S/C7H10N2S2/c1-9-3-2-5-6(4-9)11-7(10)8-5/h2-4H2,1H3,(H,8,10). The van der Waals surface area contributed by atoms with Crippen molar-refractivity contribution in [3.63, 3.8) is 0 Å². The van der Waals surface area contributed by atoms with Crippen LogP contribution in [0, 0.1) is 3.95 Å². The number of aromatic amines is 1. The summed E-state index contributed by atoms with van der Waals surface area (Å²) in [5.41, 5.74) is 1.36. The maximum Gasteiger partial charge on any atom is 0.158 e. The summed E-state index contributed by atoms with van der Waals surface area (Å²) in [6, 6.07) is 0. The van der Waals surface area contributed by atoms with E-state index < -0.39 is 0 Å². The van der Waals surface area contributed by atoms with Gasteiger partial charge in [-0.05, 0) is 19.3 Å². The molecule has 0 unspecified atom stereocenters. The fourth-order valence-electron chi connectivity index (χ4n) is 1.35. The first kappa shape index (κ1) is 7.46. The Labute approximate surface area is 74.9 Å². The van der Waals surface area contributed by atoms with Gasteiger partial charge in [-0.2, -0.15) is 0 Å². The highest BCUT2D eigenvalue weighted by molar-refractivity contribution is 7.73. The van der Waals surface area contributed by atoms with Gasteiger partial charge in [0, 0.05) is 30.1 Å². The number of likely N-dealkylation sites (N-methyl/N-ethyl adjacent to an activating group) is 1. The summed E-state index contributed by atoms with van der Waals surface area (Å²) in [5.74, 6) is 0. The van der Waals surface area contributed by atoms with Crippen LogP contribution in [0.2, 0.25) is 0 Å². The van der Waals surface area contributed by atoms with Gasteiger partial charge in [-0.3, -0.25) is 0 Å². The van der Waals surface area contributed by atoms with Crippen molar-refractivity contribution >= 4 is 23.6 Å². The summed E-state index contributed by atoms with van der Waals surface area (Å²) in [6.07, 6.45) is 1.12. The molecule has 1 aromatic heterocycles. The smallest absolute Gasteiger partial charge is 0.158 e. The van der Waals surface area contributed by atoms with Crippen LogP contribution in [-0.2, 0) is 13.0 Å². The molecule has 0 saturated heterocycles. The van der Waals surface area contributed by atoms with Crippen molar-refractivity contribution in [2.45, 2.75) is 13.0 Å². The molecule has 1 aliphatic heterocycles. The normalized spacial score (nSPS) is 18.3. The molecule has 2 nitrogen and oxygen atoms in total. The van der Waals surface area contributed by atoms with E-state index in [0.29, 0.717) is 0 Å². The zero-order chi connectivity index (χ0) is 7.84. The molecule has 0 radical (unpaired) electrons. The lowest BCUT2D eigenvalue weighted by molar-refractivity contribution is 0.314. The summed E-state index contributed by atoms with van der Waals surface area (Å²) in [7, 11) is 2.14. The van der Waals surface area contributed by atoms with E-state index in [0.717, 1.165) is 23.5 Å². The molecule has 0 spiro atoms. The van der Waals surface area contributed by atoms with Crippen LogP contribution in [0.4, 0.5) is 0 Å². The number of hydrogen-bond acceptors (Lipinski definition) is 3. The topological polar surface area (TPSA) is 19.0 Å². The molecule has 1 aromatic rings. The predicted molar refractivity (Wildman–Crippen MR) is 49.5 cm³/mol. The van der Waals surface area contributed by atoms with Gasteiger partial charge >= 0.3 is 0 Å².